The lowest BCUT2D eigenvalue weighted by atomic mass is 9.88. The molecule has 0 fully saturated rings. The van der Waals surface area contributed by atoms with E-state index in [2.05, 4.69) is 98.1 Å². The molecule has 7 rings (SSSR count). The molecule has 0 spiro atoms. The van der Waals surface area contributed by atoms with E-state index in [4.69, 9.17) is 14.4 Å². The third-order valence-corrected chi connectivity index (χ3v) is 7.01. The molecule has 4 heteroatoms. The van der Waals surface area contributed by atoms with Crippen LogP contribution in [0.4, 0.5) is 0 Å². The highest BCUT2D eigenvalue weighted by Gasteiger charge is 2.22. The van der Waals surface area contributed by atoms with Gasteiger partial charge in [-0.3, -0.25) is 4.57 Å². The van der Waals surface area contributed by atoms with Crippen molar-refractivity contribution in [2.24, 2.45) is 0 Å². The fourth-order valence-electron chi connectivity index (χ4n) is 5.08. The number of hydrogen-bond donors (Lipinski definition) is 0. The van der Waals surface area contributed by atoms with E-state index >= 15 is 0 Å². The van der Waals surface area contributed by atoms with Crippen LogP contribution in [0, 0.1) is 0 Å². The van der Waals surface area contributed by atoms with Gasteiger partial charge in [0.15, 0.2) is 11.5 Å². The SMILES string of the molecule is CC(C)(C)c1cnc2c(c1)nc(-c1cccc3c1oc1c4ccccc4ccc31)n2-c1ccccc1. The number of pyridine rings is 1. The maximum atomic E-state index is 6.64. The molecule has 174 valence electrons. The first-order valence-corrected chi connectivity index (χ1v) is 12.3. The summed E-state index contributed by atoms with van der Waals surface area (Å²) in [5.74, 6) is 0.823. The van der Waals surface area contributed by atoms with Gasteiger partial charge in [0.2, 0.25) is 0 Å². The fraction of sp³-hybridized carbons (Fsp3) is 0.125. The minimum Gasteiger partial charge on any atom is -0.455 e. The summed E-state index contributed by atoms with van der Waals surface area (Å²) >= 11 is 0. The molecular weight excluding hydrogens is 442 g/mol. The topological polar surface area (TPSA) is 43.9 Å². The predicted molar refractivity (Wildman–Crippen MR) is 148 cm³/mol. The van der Waals surface area contributed by atoms with Gasteiger partial charge in [0.25, 0.3) is 0 Å². The van der Waals surface area contributed by atoms with Crippen LogP contribution in [-0.2, 0) is 5.41 Å². The molecular formula is C32H25N3O. The number of para-hydroxylation sites is 2. The molecule has 3 aromatic heterocycles. The Kier molecular flexibility index (Phi) is 4.37. The zero-order valence-corrected chi connectivity index (χ0v) is 20.5. The van der Waals surface area contributed by atoms with Crippen LogP contribution in [0.3, 0.4) is 0 Å². The van der Waals surface area contributed by atoms with Crippen molar-refractivity contribution >= 4 is 43.9 Å². The number of hydrogen-bond acceptors (Lipinski definition) is 3. The summed E-state index contributed by atoms with van der Waals surface area (Å²) in [5, 5.41) is 4.48. The Balaban J connectivity index is 1.58. The number of rotatable bonds is 2. The second kappa shape index (κ2) is 7.53. The van der Waals surface area contributed by atoms with Gasteiger partial charge in [0.1, 0.15) is 16.7 Å². The van der Waals surface area contributed by atoms with Gasteiger partial charge in [-0.25, -0.2) is 9.97 Å². The fourth-order valence-corrected chi connectivity index (χ4v) is 5.08. The maximum Gasteiger partial charge on any atom is 0.164 e. The summed E-state index contributed by atoms with van der Waals surface area (Å²) < 4.78 is 8.78. The molecule has 0 radical (unpaired) electrons. The Bertz CT molecular complexity index is 1920. The Labute approximate surface area is 208 Å². The van der Waals surface area contributed by atoms with Gasteiger partial charge >= 0.3 is 0 Å². The number of benzene rings is 4. The first kappa shape index (κ1) is 20.9. The van der Waals surface area contributed by atoms with Crippen molar-refractivity contribution in [2.45, 2.75) is 26.2 Å². The van der Waals surface area contributed by atoms with Crippen LogP contribution in [0.2, 0.25) is 0 Å². The van der Waals surface area contributed by atoms with Gasteiger partial charge < -0.3 is 4.42 Å². The van der Waals surface area contributed by atoms with Crippen LogP contribution in [0.15, 0.2) is 102 Å². The third-order valence-electron chi connectivity index (χ3n) is 7.01. The quantitative estimate of drug-likeness (QED) is 0.256. The lowest BCUT2D eigenvalue weighted by Crippen LogP contribution is -2.11. The molecule has 0 aliphatic rings. The van der Waals surface area contributed by atoms with E-state index in [0.717, 1.165) is 61.1 Å². The van der Waals surface area contributed by atoms with E-state index in [9.17, 15) is 0 Å². The Hall–Kier alpha value is -4.44. The molecule has 4 aromatic carbocycles. The van der Waals surface area contributed by atoms with Crippen molar-refractivity contribution in [3.63, 3.8) is 0 Å². The highest BCUT2D eigenvalue weighted by molar-refractivity contribution is 6.17. The Morgan fingerprint density at radius 3 is 2.31 bits per heavy atom. The molecule has 0 amide bonds. The first-order valence-electron chi connectivity index (χ1n) is 12.3. The number of fused-ring (bicyclic) bond motifs is 6. The van der Waals surface area contributed by atoms with Crippen LogP contribution in [0.5, 0.6) is 0 Å². The Morgan fingerprint density at radius 2 is 1.47 bits per heavy atom. The second-order valence-corrected chi connectivity index (χ2v) is 10.4. The molecule has 0 aliphatic carbocycles. The van der Waals surface area contributed by atoms with E-state index < -0.39 is 0 Å². The molecule has 7 aromatic rings. The zero-order valence-electron chi connectivity index (χ0n) is 20.5. The highest BCUT2D eigenvalue weighted by Crippen LogP contribution is 2.40. The molecule has 0 N–H and O–H groups in total. The minimum atomic E-state index is -0.0162. The number of nitrogens with zero attached hydrogens (tertiary/aromatic N) is 3. The van der Waals surface area contributed by atoms with Crippen molar-refractivity contribution in [1.82, 2.24) is 14.5 Å². The van der Waals surface area contributed by atoms with Gasteiger partial charge in [-0.1, -0.05) is 81.4 Å². The van der Waals surface area contributed by atoms with Crippen molar-refractivity contribution in [2.75, 3.05) is 0 Å². The average molecular weight is 468 g/mol. The van der Waals surface area contributed by atoms with Gasteiger partial charge in [0.05, 0.1) is 5.56 Å². The van der Waals surface area contributed by atoms with Crippen LogP contribution in [-0.4, -0.2) is 14.5 Å². The summed E-state index contributed by atoms with van der Waals surface area (Å²) in [6.07, 6.45) is 1.97. The molecule has 0 bridgehead atoms. The number of furan rings is 1. The molecule has 0 saturated heterocycles. The predicted octanol–water partition coefficient (Wildman–Crippen LogP) is 8.44. The van der Waals surface area contributed by atoms with Crippen molar-refractivity contribution in [1.29, 1.82) is 0 Å². The largest absolute Gasteiger partial charge is 0.455 e. The molecule has 36 heavy (non-hydrogen) atoms. The lowest BCUT2D eigenvalue weighted by Gasteiger charge is -2.18. The van der Waals surface area contributed by atoms with Crippen LogP contribution in [0.1, 0.15) is 26.3 Å². The van der Waals surface area contributed by atoms with Gasteiger partial charge in [-0.05, 0) is 46.7 Å². The minimum absolute atomic E-state index is 0.0162. The first-order chi connectivity index (χ1) is 17.5. The van der Waals surface area contributed by atoms with Gasteiger partial charge in [-0.15, -0.1) is 0 Å². The summed E-state index contributed by atoms with van der Waals surface area (Å²) in [5.41, 5.74) is 6.57. The summed E-state index contributed by atoms with van der Waals surface area (Å²) in [7, 11) is 0. The normalized spacial score (nSPS) is 12.3. The van der Waals surface area contributed by atoms with Crippen molar-refractivity contribution < 1.29 is 4.42 Å². The molecule has 4 nitrogen and oxygen atoms in total. The molecule has 0 atom stereocenters. The highest BCUT2D eigenvalue weighted by atomic mass is 16.3. The van der Waals surface area contributed by atoms with E-state index in [-0.39, 0.29) is 5.41 Å². The average Bonchev–Trinajstić information content (AvgIpc) is 3.47. The maximum absolute atomic E-state index is 6.64. The van der Waals surface area contributed by atoms with Crippen LogP contribution >= 0.6 is 0 Å². The Morgan fingerprint density at radius 1 is 0.722 bits per heavy atom. The van der Waals surface area contributed by atoms with E-state index in [1.807, 2.05) is 24.4 Å². The van der Waals surface area contributed by atoms with Crippen LogP contribution in [0.25, 0.3) is 61.0 Å². The molecule has 0 aliphatic heterocycles. The van der Waals surface area contributed by atoms with E-state index in [0.29, 0.717) is 0 Å². The van der Waals surface area contributed by atoms with Crippen molar-refractivity contribution in [3.8, 4) is 17.1 Å². The lowest BCUT2D eigenvalue weighted by molar-refractivity contribution is 0.588. The molecule has 0 saturated carbocycles. The molecule has 0 unspecified atom stereocenters. The number of aromatic nitrogens is 3. The van der Waals surface area contributed by atoms with Gasteiger partial charge in [-0.2, -0.15) is 0 Å². The van der Waals surface area contributed by atoms with Crippen LogP contribution < -0.4 is 0 Å². The summed E-state index contributed by atoms with van der Waals surface area (Å²) in [4.78, 5) is 10.1. The van der Waals surface area contributed by atoms with E-state index in [1.54, 1.807) is 0 Å². The zero-order chi connectivity index (χ0) is 24.4. The van der Waals surface area contributed by atoms with E-state index in [1.165, 1.54) is 5.39 Å². The summed E-state index contributed by atoms with van der Waals surface area (Å²) in [6, 6.07) is 31.5. The summed E-state index contributed by atoms with van der Waals surface area (Å²) in [6.45, 7) is 6.60. The number of imidazole rings is 1. The van der Waals surface area contributed by atoms with Crippen molar-refractivity contribution in [3.05, 3.63) is 103 Å². The van der Waals surface area contributed by atoms with Gasteiger partial charge in [0, 0.05) is 28.0 Å². The standard InChI is InChI=1S/C32H25N3O/c1-32(2,3)21-18-27-31(33-19-21)35(22-11-5-4-6-12-22)30(34-27)26-15-9-14-24-25-17-16-20-10-7-8-13-23(20)28(25)36-29(24)26/h4-19H,1-3H3. The monoisotopic (exact) mass is 467 g/mol. The molecule has 3 heterocycles. The second-order valence-electron chi connectivity index (χ2n) is 10.4. The third kappa shape index (κ3) is 3.07. The smallest absolute Gasteiger partial charge is 0.164 e.